The number of nitrogens with two attached hydrogens (primary N) is 1. The number of ether oxygens (including phenoxy) is 2. The molecule has 4 rings (SSSR count). The van der Waals surface area contributed by atoms with Crippen molar-refractivity contribution in [1.82, 2.24) is 9.97 Å². The lowest BCUT2D eigenvalue weighted by atomic mass is 10.0. The molecule has 1 aromatic heterocycles. The summed E-state index contributed by atoms with van der Waals surface area (Å²) in [6.07, 6.45) is -4.74. The normalized spacial score (nSPS) is 13.6. The minimum Gasteiger partial charge on any atom is -0.488 e. The van der Waals surface area contributed by atoms with Gasteiger partial charge < -0.3 is 30.0 Å². The summed E-state index contributed by atoms with van der Waals surface area (Å²) in [4.78, 5) is 24.9. The number of aromatic amines is 1. The molecule has 1 heterocycles. The first kappa shape index (κ1) is 29.3. The molecule has 0 aliphatic rings. The summed E-state index contributed by atoms with van der Waals surface area (Å²) in [6.45, 7) is 0.676. The Morgan fingerprint density at radius 1 is 0.975 bits per heavy atom. The van der Waals surface area contributed by atoms with Gasteiger partial charge in [0.25, 0.3) is 0 Å². The molecule has 3 aromatic carbocycles. The number of H-pyrrole nitrogens is 1. The van der Waals surface area contributed by atoms with Gasteiger partial charge in [0, 0.05) is 5.56 Å². The molecule has 4 aromatic rings. The first-order valence-corrected chi connectivity index (χ1v) is 13.4. The summed E-state index contributed by atoms with van der Waals surface area (Å²) >= 11 is 0. The zero-order valence-corrected chi connectivity index (χ0v) is 22.4. The van der Waals surface area contributed by atoms with Gasteiger partial charge in [-0.15, -0.1) is 0 Å². The third-order valence-electron chi connectivity index (χ3n) is 5.97. The third-order valence-corrected chi connectivity index (χ3v) is 6.43. The lowest BCUT2D eigenvalue weighted by Crippen LogP contribution is -2.39. The molecule has 9 nitrogen and oxygen atoms in total. The molecule has 0 unspecified atom stereocenters. The van der Waals surface area contributed by atoms with Gasteiger partial charge in [-0.05, 0) is 41.8 Å². The van der Waals surface area contributed by atoms with Crippen LogP contribution >= 0.6 is 7.82 Å². The van der Waals surface area contributed by atoms with Crippen molar-refractivity contribution >= 4 is 7.82 Å². The van der Waals surface area contributed by atoms with Crippen molar-refractivity contribution in [2.24, 2.45) is 5.73 Å². The van der Waals surface area contributed by atoms with Crippen LogP contribution in [0.15, 0.2) is 72.8 Å². The van der Waals surface area contributed by atoms with Crippen LogP contribution in [0.2, 0.25) is 0 Å². The highest BCUT2D eigenvalue weighted by Crippen LogP contribution is 2.41. The van der Waals surface area contributed by atoms with E-state index in [-0.39, 0.29) is 35.3 Å². The van der Waals surface area contributed by atoms with Crippen molar-refractivity contribution in [3.05, 3.63) is 89.7 Å². The second kappa shape index (κ2) is 11.4. The fourth-order valence-corrected chi connectivity index (χ4v) is 4.31. The Morgan fingerprint density at radius 2 is 1.60 bits per heavy atom. The average Bonchev–Trinajstić information content (AvgIpc) is 3.36. The molecule has 0 bridgehead atoms. The summed E-state index contributed by atoms with van der Waals surface area (Å²) in [5.74, 6) is -0.440. The van der Waals surface area contributed by atoms with Gasteiger partial charge in [-0.3, -0.25) is 4.52 Å². The van der Waals surface area contributed by atoms with Gasteiger partial charge in [0.15, 0.2) is 0 Å². The fourth-order valence-electron chi connectivity index (χ4n) is 3.88. The minimum absolute atomic E-state index is 0.0133. The maximum atomic E-state index is 14.1. The maximum Gasteiger partial charge on any atom is 0.469 e. The molecule has 0 spiro atoms. The van der Waals surface area contributed by atoms with Crippen LogP contribution in [0, 0.1) is 0 Å². The Bertz CT molecular complexity index is 1500. The molecule has 1 atom stereocenters. The number of nitrogens with one attached hydrogen (secondary N) is 1. The topological polar surface area (TPSA) is 140 Å². The highest BCUT2D eigenvalue weighted by Gasteiger charge is 2.36. The van der Waals surface area contributed by atoms with Gasteiger partial charge in [-0.25, -0.2) is 4.57 Å². The Labute approximate surface area is 228 Å². The standard InChI is InChI=1S/C27H27F3N3O6P/c1-26(31,16-39-40(34,35)36)25-32-23(24(33-25)37-2)20-12-13-22(21(14-20)27(28,29)30)38-15-17-8-10-19(11-9-17)18-6-4-3-5-7-18/h3-14H,15-16,31H2,1-2H3,(H,32,33)(H2,34,35,36)/t26-/m0/s1. The highest BCUT2D eigenvalue weighted by molar-refractivity contribution is 7.46. The van der Waals surface area contributed by atoms with E-state index in [1.165, 1.54) is 26.2 Å². The van der Waals surface area contributed by atoms with E-state index in [9.17, 15) is 17.7 Å². The van der Waals surface area contributed by atoms with Gasteiger partial charge in [-0.1, -0.05) is 54.6 Å². The molecule has 0 aliphatic carbocycles. The third kappa shape index (κ3) is 7.09. The Hall–Kier alpha value is -3.67. The molecule has 0 aliphatic heterocycles. The van der Waals surface area contributed by atoms with Crippen LogP contribution in [0.3, 0.4) is 0 Å². The molecule has 212 valence electrons. The van der Waals surface area contributed by atoms with Crippen LogP contribution in [0.25, 0.3) is 22.4 Å². The largest absolute Gasteiger partial charge is 0.488 e. The minimum atomic E-state index is -4.82. The van der Waals surface area contributed by atoms with Crippen LogP contribution in [-0.2, 0) is 27.4 Å². The van der Waals surface area contributed by atoms with Crippen molar-refractivity contribution in [1.29, 1.82) is 0 Å². The van der Waals surface area contributed by atoms with E-state index in [1.54, 1.807) is 12.1 Å². The summed E-state index contributed by atoms with van der Waals surface area (Å²) < 4.78 is 68.5. The molecule has 0 fully saturated rings. The first-order valence-electron chi connectivity index (χ1n) is 11.9. The van der Waals surface area contributed by atoms with E-state index in [0.29, 0.717) is 5.56 Å². The Morgan fingerprint density at radius 3 is 2.20 bits per heavy atom. The number of rotatable bonds is 10. The molecule has 0 radical (unpaired) electrons. The average molecular weight is 577 g/mol. The summed E-state index contributed by atoms with van der Waals surface area (Å²) in [5, 5.41) is 0. The molecular formula is C27H27F3N3O6P. The van der Waals surface area contributed by atoms with Crippen molar-refractivity contribution < 1.29 is 41.5 Å². The fraction of sp³-hybridized carbons (Fsp3) is 0.222. The van der Waals surface area contributed by atoms with E-state index in [0.717, 1.165) is 17.2 Å². The smallest absolute Gasteiger partial charge is 0.469 e. The van der Waals surface area contributed by atoms with Crippen molar-refractivity contribution in [3.8, 4) is 34.0 Å². The van der Waals surface area contributed by atoms with Crippen molar-refractivity contribution in [2.75, 3.05) is 13.7 Å². The number of imidazole rings is 1. The van der Waals surface area contributed by atoms with Crippen LogP contribution in [-0.4, -0.2) is 33.5 Å². The number of nitrogens with zero attached hydrogens (tertiary/aromatic N) is 1. The quantitative estimate of drug-likeness (QED) is 0.178. The van der Waals surface area contributed by atoms with Crippen molar-refractivity contribution in [3.63, 3.8) is 0 Å². The van der Waals surface area contributed by atoms with Gasteiger partial charge in [0.1, 0.15) is 23.9 Å². The van der Waals surface area contributed by atoms with E-state index in [1.807, 2.05) is 42.5 Å². The summed E-state index contributed by atoms with van der Waals surface area (Å²) in [6, 6.07) is 20.5. The number of alkyl halides is 3. The van der Waals surface area contributed by atoms with E-state index in [4.69, 9.17) is 25.0 Å². The zero-order chi connectivity index (χ0) is 29.1. The maximum absolute atomic E-state index is 14.1. The lowest BCUT2D eigenvalue weighted by molar-refractivity contribution is -0.139. The molecule has 0 saturated heterocycles. The van der Waals surface area contributed by atoms with Crippen LogP contribution in [0.5, 0.6) is 11.6 Å². The van der Waals surface area contributed by atoms with Gasteiger partial charge in [-0.2, -0.15) is 18.2 Å². The number of hydrogen-bond acceptors (Lipinski definition) is 6. The number of phosphoric ester groups is 1. The number of phosphoric acid groups is 1. The Balaban J connectivity index is 1.58. The predicted octanol–water partition coefficient (Wildman–Crippen LogP) is 5.63. The SMILES string of the molecule is COc1nc([C@@](C)(N)COP(=O)(O)O)[nH]c1-c1ccc(OCc2ccc(-c3ccccc3)cc2)c(C(F)(F)F)c1. The number of halogens is 3. The van der Waals surface area contributed by atoms with Gasteiger partial charge in [0.2, 0.25) is 5.88 Å². The first-order chi connectivity index (χ1) is 18.8. The highest BCUT2D eigenvalue weighted by atomic mass is 31.2. The lowest BCUT2D eigenvalue weighted by Gasteiger charge is -2.21. The molecule has 0 amide bonds. The van der Waals surface area contributed by atoms with Crippen LogP contribution < -0.4 is 15.2 Å². The van der Waals surface area contributed by atoms with E-state index >= 15 is 0 Å². The predicted molar refractivity (Wildman–Crippen MR) is 141 cm³/mol. The van der Waals surface area contributed by atoms with Crippen molar-refractivity contribution in [2.45, 2.75) is 25.2 Å². The molecule has 13 heteroatoms. The second-order valence-electron chi connectivity index (χ2n) is 9.21. The monoisotopic (exact) mass is 577 g/mol. The van der Waals surface area contributed by atoms with E-state index in [2.05, 4.69) is 14.5 Å². The van der Waals surface area contributed by atoms with Gasteiger partial charge in [0.05, 0.1) is 24.8 Å². The number of benzene rings is 3. The molecular weight excluding hydrogens is 550 g/mol. The number of aromatic nitrogens is 2. The second-order valence-corrected chi connectivity index (χ2v) is 10.5. The number of methoxy groups -OCH3 is 1. The molecule has 40 heavy (non-hydrogen) atoms. The summed E-state index contributed by atoms with van der Waals surface area (Å²) in [7, 11) is -3.55. The number of hydrogen-bond donors (Lipinski definition) is 4. The van der Waals surface area contributed by atoms with Crippen LogP contribution in [0.4, 0.5) is 13.2 Å². The zero-order valence-electron chi connectivity index (χ0n) is 21.5. The van der Waals surface area contributed by atoms with E-state index < -0.39 is 31.7 Å². The van der Waals surface area contributed by atoms with Crippen LogP contribution in [0.1, 0.15) is 23.9 Å². The summed E-state index contributed by atoms with van der Waals surface area (Å²) in [5.41, 5.74) is 6.41. The Kier molecular flexibility index (Phi) is 8.38. The molecule has 5 N–H and O–H groups in total. The van der Waals surface area contributed by atoms with Gasteiger partial charge >= 0.3 is 14.0 Å². The molecule has 0 saturated carbocycles.